The number of imidazole rings is 1. The molecular formula is C28H30N6O2. The quantitative estimate of drug-likeness (QED) is 0.272. The second-order valence-electron chi connectivity index (χ2n) is 8.88. The van der Waals surface area contributed by atoms with Gasteiger partial charge < -0.3 is 14.5 Å². The van der Waals surface area contributed by atoms with Crippen LogP contribution in [0.3, 0.4) is 0 Å². The predicted octanol–water partition coefficient (Wildman–Crippen LogP) is 5.88. The van der Waals surface area contributed by atoms with E-state index in [2.05, 4.69) is 70.6 Å². The number of nitrogens with one attached hydrogen (secondary N) is 2. The number of rotatable bonds is 9. The van der Waals surface area contributed by atoms with E-state index in [9.17, 15) is 0 Å². The summed E-state index contributed by atoms with van der Waals surface area (Å²) in [6.45, 7) is 9.25. The van der Waals surface area contributed by atoms with Crippen molar-refractivity contribution in [2.24, 2.45) is 0 Å². The zero-order valence-electron chi connectivity index (χ0n) is 21.0. The molecule has 2 N–H and O–H groups in total. The van der Waals surface area contributed by atoms with Crippen molar-refractivity contribution in [2.45, 2.75) is 46.6 Å². The average molecular weight is 483 g/mol. The Bertz CT molecular complexity index is 1460. The molecule has 5 rings (SSSR count). The zero-order chi connectivity index (χ0) is 25.1. The zero-order valence-corrected chi connectivity index (χ0v) is 21.0. The third-order valence-corrected chi connectivity index (χ3v) is 6.33. The monoisotopic (exact) mass is 482 g/mol. The van der Waals surface area contributed by atoms with Crippen LogP contribution >= 0.6 is 0 Å². The summed E-state index contributed by atoms with van der Waals surface area (Å²) in [5.74, 6) is 3.17. The second-order valence-corrected chi connectivity index (χ2v) is 8.88. The number of ether oxygens (including phenoxy) is 2. The van der Waals surface area contributed by atoms with Gasteiger partial charge in [-0.1, -0.05) is 37.3 Å². The molecule has 0 aliphatic carbocycles. The highest BCUT2D eigenvalue weighted by atomic mass is 16.5. The van der Waals surface area contributed by atoms with Gasteiger partial charge >= 0.3 is 0 Å². The summed E-state index contributed by atoms with van der Waals surface area (Å²) in [4.78, 5) is 8.49. The largest absolute Gasteiger partial charge is 0.493 e. The Balaban J connectivity index is 1.34. The summed E-state index contributed by atoms with van der Waals surface area (Å²) < 4.78 is 12.1. The summed E-state index contributed by atoms with van der Waals surface area (Å²) in [5, 5.41) is 14.3. The first-order valence-corrected chi connectivity index (χ1v) is 12.3. The van der Waals surface area contributed by atoms with Crippen LogP contribution in [0.2, 0.25) is 0 Å². The Morgan fingerprint density at radius 2 is 1.81 bits per heavy atom. The van der Waals surface area contributed by atoms with E-state index in [1.807, 2.05) is 37.3 Å². The number of para-hydroxylation sites is 1. The van der Waals surface area contributed by atoms with Gasteiger partial charge in [-0.3, -0.25) is 0 Å². The van der Waals surface area contributed by atoms with E-state index in [0.717, 1.165) is 40.2 Å². The first kappa shape index (κ1) is 23.5. The molecule has 1 unspecified atom stereocenters. The van der Waals surface area contributed by atoms with Crippen LogP contribution in [0.15, 0.2) is 54.6 Å². The Kier molecular flexibility index (Phi) is 6.66. The third kappa shape index (κ3) is 4.66. The second kappa shape index (κ2) is 10.2. The molecule has 1 atom stereocenters. The molecule has 36 heavy (non-hydrogen) atoms. The number of hydrogen-bond acceptors (Lipinski definition) is 6. The fourth-order valence-electron chi connectivity index (χ4n) is 4.66. The fraction of sp³-hybridized carbons (Fsp3) is 0.286. The van der Waals surface area contributed by atoms with E-state index in [-0.39, 0.29) is 5.92 Å². The molecule has 0 amide bonds. The van der Waals surface area contributed by atoms with Crippen LogP contribution in [0.5, 0.6) is 11.5 Å². The summed E-state index contributed by atoms with van der Waals surface area (Å²) in [6, 6.07) is 18.4. The van der Waals surface area contributed by atoms with Crippen molar-refractivity contribution >= 4 is 11.0 Å². The van der Waals surface area contributed by atoms with Crippen molar-refractivity contribution in [3.8, 4) is 22.9 Å². The Morgan fingerprint density at radius 3 is 2.53 bits per heavy atom. The molecule has 0 fully saturated rings. The van der Waals surface area contributed by atoms with Crippen LogP contribution in [0.25, 0.3) is 22.4 Å². The van der Waals surface area contributed by atoms with Crippen molar-refractivity contribution in [1.29, 1.82) is 0 Å². The van der Waals surface area contributed by atoms with Gasteiger partial charge in [0.05, 0.1) is 23.2 Å². The molecule has 0 radical (unpaired) electrons. The highest BCUT2D eigenvalue weighted by molar-refractivity contribution is 5.79. The average Bonchev–Trinajstić information content (AvgIpc) is 3.55. The van der Waals surface area contributed by atoms with Crippen molar-refractivity contribution < 1.29 is 9.47 Å². The summed E-state index contributed by atoms with van der Waals surface area (Å²) in [7, 11) is 0. The molecule has 8 nitrogen and oxygen atoms in total. The van der Waals surface area contributed by atoms with Crippen molar-refractivity contribution in [3.05, 3.63) is 82.7 Å². The van der Waals surface area contributed by atoms with Gasteiger partial charge in [0.25, 0.3) is 0 Å². The maximum atomic E-state index is 6.13. The third-order valence-electron chi connectivity index (χ3n) is 6.33. The summed E-state index contributed by atoms with van der Waals surface area (Å²) >= 11 is 0. The standard InChI is InChI=1S/C28H30N6O2/c1-5-22(27-29-24-15-17(3)14-18(4)25(24)30-27)19-10-12-21(13-11-19)36-16-20-8-7-9-23(26(20)35-6-2)28-31-33-34-32-28/h7-15,22H,5-6,16H2,1-4H3,(H,29,30)(H,31,32,33,34). The van der Waals surface area contributed by atoms with Crippen LogP contribution in [-0.2, 0) is 6.61 Å². The molecule has 3 aromatic carbocycles. The lowest BCUT2D eigenvalue weighted by Crippen LogP contribution is -2.04. The normalized spacial score (nSPS) is 12.1. The lowest BCUT2D eigenvalue weighted by atomic mass is 9.96. The molecule has 2 heterocycles. The molecule has 0 aliphatic rings. The van der Waals surface area contributed by atoms with E-state index in [4.69, 9.17) is 14.5 Å². The van der Waals surface area contributed by atoms with Crippen LogP contribution in [0.1, 0.15) is 54.3 Å². The van der Waals surface area contributed by atoms with Gasteiger partial charge in [-0.05, 0) is 73.4 Å². The summed E-state index contributed by atoms with van der Waals surface area (Å²) in [5.41, 5.74) is 7.47. The molecule has 2 aromatic heterocycles. The number of aryl methyl sites for hydroxylation is 2. The van der Waals surface area contributed by atoms with Crippen molar-refractivity contribution in [2.75, 3.05) is 6.61 Å². The number of H-pyrrole nitrogens is 2. The van der Waals surface area contributed by atoms with E-state index in [0.29, 0.717) is 24.8 Å². The minimum atomic E-state index is 0.183. The first-order valence-electron chi connectivity index (χ1n) is 12.3. The number of nitrogens with zero attached hydrogens (tertiary/aromatic N) is 4. The van der Waals surface area contributed by atoms with Gasteiger partial charge in [0.1, 0.15) is 23.9 Å². The van der Waals surface area contributed by atoms with Crippen molar-refractivity contribution in [1.82, 2.24) is 30.6 Å². The van der Waals surface area contributed by atoms with E-state index >= 15 is 0 Å². The van der Waals surface area contributed by atoms with Crippen LogP contribution < -0.4 is 9.47 Å². The Hall–Kier alpha value is -4.20. The molecule has 5 aromatic rings. The Morgan fingerprint density at radius 1 is 0.972 bits per heavy atom. The van der Waals surface area contributed by atoms with Gasteiger partial charge in [-0.15, -0.1) is 10.2 Å². The molecule has 0 saturated heterocycles. The van der Waals surface area contributed by atoms with Crippen molar-refractivity contribution in [3.63, 3.8) is 0 Å². The minimum absolute atomic E-state index is 0.183. The van der Waals surface area contributed by atoms with Crippen LogP contribution in [0, 0.1) is 13.8 Å². The predicted molar refractivity (Wildman–Crippen MR) is 139 cm³/mol. The van der Waals surface area contributed by atoms with Gasteiger partial charge in [0.15, 0.2) is 0 Å². The lowest BCUT2D eigenvalue weighted by molar-refractivity contribution is 0.287. The molecule has 0 aliphatic heterocycles. The highest BCUT2D eigenvalue weighted by Crippen LogP contribution is 2.33. The maximum Gasteiger partial charge on any atom is 0.208 e. The highest BCUT2D eigenvalue weighted by Gasteiger charge is 2.18. The number of hydrogen-bond donors (Lipinski definition) is 2. The fourth-order valence-corrected chi connectivity index (χ4v) is 4.66. The molecular weight excluding hydrogens is 452 g/mol. The number of benzene rings is 3. The SMILES string of the molecule is CCOc1c(COc2ccc(C(CC)c3nc4c(C)cc(C)cc4[nH]3)cc2)cccc1-c1nn[nH]n1. The number of aromatic amines is 2. The molecule has 0 spiro atoms. The van der Waals surface area contributed by atoms with Gasteiger partial charge in [0, 0.05) is 11.5 Å². The summed E-state index contributed by atoms with van der Waals surface area (Å²) in [6.07, 6.45) is 0.943. The molecule has 184 valence electrons. The van der Waals surface area contributed by atoms with Crippen LogP contribution in [-0.4, -0.2) is 37.2 Å². The van der Waals surface area contributed by atoms with Crippen LogP contribution in [0.4, 0.5) is 0 Å². The van der Waals surface area contributed by atoms with E-state index in [1.165, 1.54) is 16.7 Å². The van der Waals surface area contributed by atoms with E-state index < -0.39 is 0 Å². The number of fused-ring (bicyclic) bond motifs is 1. The maximum absolute atomic E-state index is 6.13. The lowest BCUT2D eigenvalue weighted by Gasteiger charge is -2.15. The molecule has 0 saturated carbocycles. The first-order chi connectivity index (χ1) is 17.6. The Labute approximate surface area is 210 Å². The number of aromatic nitrogens is 6. The molecule has 8 heteroatoms. The van der Waals surface area contributed by atoms with Gasteiger partial charge in [0.2, 0.25) is 5.82 Å². The van der Waals surface area contributed by atoms with Gasteiger partial charge in [-0.25, -0.2) is 4.98 Å². The minimum Gasteiger partial charge on any atom is -0.493 e. The van der Waals surface area contributed by atoms with E-state index in [1.54, 1.807) is 0 Å². The van der Waals surface area contributed by atoms with Gasteiger partial charge in [-0.2, -0.15) is 5.21 Å². The number of tetrazole rings is 1. The smallest absolute Gasteiger partial charge is 0.208 e. The molecule has 0 bridgehead atoms. The topological polar surface area (TPSA) is 102 Å².